The Morgan fingerprint density at radius 2 is 1.83 bits per heavy atom. The summed E-state index contributed by atoms with van der Waals surface area (Å²) in [6.45, 7) is 8.67. The summed E-state index contributed by atoms with van der Waals surface area (Å²) in [5.41, 5.74) is 2.40. The molecule has 0 amide bonds. The summed E-state index contributed by atoms with van der Waals surface area (Å²) in [4.78, 5) is 12.0. The molecular formula is C23H26N2O3Si. The molecule has 0 bridgehead atoms. The summed E-state index contributed by atoms with van der Waals surface area (Å²) in [6.07, 6.45) is -0.245. The van der Waals surface area contributed by atoms with Gasteiger partial charge in [0.25, 0.3) is 8.32 Å². The fourth-order valence-electron chi connectivity index (χ4n) is 4.45. The number of aromatic amines is 1. The second-order valence-corrected chi connectivity index (χ2v) is 11.9. The van der Waals surface area contributed by atoms with Gasteiger partial charge in [-0.3, -0.25) is 5.10 Å². The van der Waals surface area contributed by atoms with Crippen LogP contribution in [0.5, 0.6) is 0 Å². The zero-order chi connectivity index (χ0) is 20.6. The summed E-state index contributed by atoms with van der Waals surface area (Å²) in [5, 5.41) is 9.57. The molecule has 0 radical (unpaired) electrons. The number of H-pyrrole nitrogens is 1. The van der Waals surface area contributed by atoms with E-state index in [-0.39, 0.29) is 16.8 Å². The Morgan fingerprint density at radius 1 is 1.14 bits per heavy atom. The highest BCUT2D eigenvalue weighted by atomic mass is 28.4. The minimum atomic E-state index is -2.51. The fourth-order valence-corrected chi connectivity index (χ4v) is 9.55. The maximum absolute atomic E-state index is 12.0. The van der Waals surface area contributed by atoms with E-state index in [0.717, 1.165) is 5.69 Å². The van der Waals surface area contributed by atoms with E-state index in [4.69, 9.17) is 9.16 Å². The molecule has 0 saturated heterocycles. The molecule has 1 unspecified atom stereocenters. The number of nitrogens with zero attached hydrogens (tertiary/aromatic N) is 1. The molecule has 1 aliphatic heterocycles. The van der Waals surface area contributed by atoms with E-state index >= 15 is 0 Å². The van der Waals surface area contributed by atoms with Gasteiger partial charge in [-0.05, 0) is 35.9 Å². The average Bonchev–Trinajstić information content (AvgIpc) is 3.23. The molecule has 2 aromatic carbocycles. The molecule has 0 spiro atoms. The van der Waals surface area contributed by atoms with Crippen molar-refractivity contribution in [3.05, 3.63) is 77.6 Å². The second-order valence-electron chi connectivity index (χ2n) is 7.91. The van der Waals surface area contributed by atoms with Crippen LogP contribution in [0.2, 0.25) is 0 Å². The molecule has 4 rings (SSSR count). The highest BCUT2D eigenvalue weighted by Crippen LogP contribution is 2.44. The Morgan fingerprint density at radius 3 is 2.55 bits per heavy atom. The van der Waals surface area contributed by atoms with Crippen molar-refractivity contribution in [2.75, 3.05) is 6.61 Å². The first kappa shape index (κ1) is 19.6. The molecule has 1 aliphatic rings. The summed E-state index contributed by atoms with van der Waals surface area (Å²) in [7, 11) is -2.51. The van der Waals surface area contributed by atoms with Gasteiger partial charge in [-0.15, -0.1) is 0 Å². The molecule has 2 atom stereocenters. The second kappa shape index (κ2) is 7.28. The number of fused-ring (bicyclic) bond motifs is 1. The molecule has 0 saturated carbocycles. The first-order valence-electron chi connectivity index (χ1n) is 9.97. The van der Waals surface area contributed by atoms with Gasteiger partial charge in [0.05, 0.1) is 18.4 Å². The number of benzene rings is 2. The Labute approximate surface area is 172 Å². The third-order valence-electron chi connectivity index (χ3n) is 5.91. The van der Waals surface area contributed by atoms with E-state index in [1.165, 1.54) is 15.9 Å². The van der Waals surface area contributed by atoms with Crippen LogP contribution in [0.1, 0.15) is 55.5 Å². The maximum Gasteiger partial charge on any atom is 0.358 e. The monoisotopic (exact) mass is 406 g/mol. The minimum absolute atomic E-state index is 0.0802. The smallest absolute Gasteiger partial charge is 0.358 e. The Bertz CT molecular complexity index is 1030. The van der Waals surface area contributed by atoms with Crippen LogP contribution in [-0.2, 0) is 14.2 Å². The summed E-state index contributed by atoms with van der Waals surface area (Å²) >= 11 is 0. The lowest BCUT2D eigenvalue weighted by molar-refractivity contribution is 0.0519. The van der Waals surface area contributed by atoms with Crippen molar-refractivity contribution in [1.29, 1.82) is 0 Å². The van der Waals surface area contributed by atoms with Crippen LogP contribution >= 0.6 is 0 Å². The van der Waals surface area contributed by atoms with Crippen LogP contribution < -0.4 is 10.4 Å². The Kier molecular flexibility index (Phi) is 4.92. The van der Waals surface area contributed by atoms with Crippen molar-refractivity contribution in [3.8, 4) is 0 Å². The van der Waals surface area contributed by atoms with Crippen molar-refractivity contribution in [3.63, 3.8) is 0 Å². The van der Waals surface area contributed by atoms with E-state index in [0.29, 0.717) is 6.61 Å². The van der Waals surface area contributed by atoms with E-state index in [1.54, 1.807) is 13.0 Å². The van der Waals surface area contributed by atoms with Gasteiger partial charge < -0.3 is 9.16 Å². The summed E-state index contributed by atoms with van der Waals surface area (Å²) in [5.74, 6) is -0.425. The molecule has 0 aliphatic carbocycles. The zero-order valence-corrected chi connectivity index (χ0v) is 18.2. The highest BCUT2D eigenvalue weighted by molar-refractivity contribution is 7.03. The fraction of sp³-hybridized carbons (Fsp3) is 0.304. The van der Waals surface area contributed by atoms with Crippen molar-refractivity contribution in [1.82, 2.24) is 10.2 Å². The van der Waals surface area contributed by atoms with Crippen molar-refractivity contribution in [2.24, 2.45) is 0 Å². The van der Waals surface area contributed by atoms with Crippen LogP contribution in [0.25, 0.3) is 0 Å². The molecule has 0 fully saturated rings. The van der Waals surface area contributed by atoms with Crippen LogP contribution in [0.15, 0.2) is 60.7 Å². The number of carbonyl (C=O) groups excluding carboxylic acids is 1. The predicted molar refractivity (Wildman–Crippen MR) is 115 cm³/mol. The van der Waals surface area contributed by atoms with Gasteiger partial charge in [0.2, 0.25) is 0 Å². The Hall–Kier alpha value is -2.70. The third kappa shape index (κ3) is 2.94. The number of hydrogen-bond donors (Lipinski definition) is 1. The van der Waals surface area contributed by atoms with Crippen LogP contribution in [-0.4, -0.2) is 31.1 Å². The maximum atomic E-state index is 12.0. The third-order valence-corrected chi connectivity index (χ3v) is 11.0. The minimum Gasteiger partial charge on any atom is -0.461 e. The van der Waals surface area contributed by atoms with Gasteiger partial charge in [-0.25, -0.2) is 4.79 Å². The van der Waals surface area contributed by atoms with Gasteiger partial charge in [0, 0.05) is 5.04 Å². The quantitative estimate of drug-likeness (QED) is 0.504. The molecule has 29 heavy (non-hydrogen) atoms. The lowest BCUT2D eigenvalue weighted by atomic mass is 10.0. The number of esters is 1. The molecule has 1 N–H and O–H groups in total. The average molecular weight is 407 g/mol. The first-order valence-corrected chi connectivity index (χ1v) is 11.9. The van der Waals surface area contributed by atoms with Crippen molar-refractivity contribution < 1.29 is 14.0 Å². The van der Waals surface area contributed by atoms with E-state index in [9.17, 15) is 4.79 Å². The topological polar surface area (TPSA) is 64.2 Å². The van der Waals surface area contributed by atoms with Crippen LogP contribution in [0.3, 0.4) is 0 Å². The Balaban J connectivity index is 1.73. The van der Waals surface area contributed by atoms with Crippen molar-refractivity contribution in [2.45, 2.75) is 38.8 Å². The van der Waals surface area contributed by atoms with E-state index in [2.05, 4.69) is 72.6 Å². The summed E-state index contributed by atoms with van der Waals surface area (Å²) < 4.78 is 12.0. The molecule has 2 heterocycles. The summed E-state index contributed by atoms with van der Waals surface area (Å²) in [6, 6.07) is 20.8. The molecule has 150 valence electrons. The SMILES string of the molecule is CCOC(=O)c1cc([C@@H](C)O[Si]2(c3ccccc3)c3ccccc3C2(C)C)[nH]n1. The van der Waals surface area contributed by atoms with Gasteiger partial charge in [-0.1, -0.05) is 68.4 Å². The normalized spacial score (nSPS) is 20.4. The van der Waals surface area contributed by atoms with E-state index in [1.807, 2.05) is 13.0 Å². The van der Waals surface area contributed by atoms with Gasteiger partial charge in [0.1, 0.15) is 0 Å². The van der Waals surface area contributed by atoms with Crippen LogP contribution in [0.4, 0.5) is 0 Å². The largest absolute Gasteiger partial charge is 0.461 e. The zero-order valence-electron chi connectivity index (χ0n) is 17.2. The predicted octanol–water partition coefficient (Wildman–Crippen LogP) is 3.25. The molecule has 3 aromatic rings. The van der Waals surface area contributed by atoms with Gasteiger partial charge in [0.15, 0.2) is 5.69 Å². The first-order chi connectivity index (χ1) is 13.9. The number of ether oxygens (including phenoxy) is 1. The van der Waals surface area contributed by atoms with Crippen LogP contribution in [0, 0.1) is 0 Å². The molecular weight excluding hydrogens is 380 g/mol. The lowest BCUT2D eigenvalue weighted by Crippen LogP contribution is -2.80. The molecule has 6 heteroatoms. The number of aromatic nitrogens is 2. The number of rotatable bonds is 6. The standard InChI is InChI=1S/C23H26N2O3Si/c1-5-27-22(26)20-15-19(24-25-20)16(2)28-29(17-11-7-6-8-12-17)21-14-10-9-13-18(21)23(29,3)4/h6-16H,5H2,1-4H3,(H,24,25)/t16-,29?/m1/s1. The highest BCUT2D eigenvalue weighted by Gasteiger charge is 2.63. The van der Waals surface area contributed by atoms with E-state index < -0.39 is 14.3 Å². The van der Waals surface area contributed by atoms with Crippen molar-refractivity contribution >= 4 is 24.7 Å². The van der Waals surface area contributed by atoms with Gasteiger partial charge in [-0.2, -0.15) is 5.10 Å². The van der Waals surface area contributed by atoms with Gasteiger partial charge >= 0.3 is 5.97 Å². The molecule has 5 nitrogen and oxygen atoms in total. The molecule has 1 aromatic heterocycles. The lowest BCUT2D eigenvalue weighted by Gasteiger charge is -2.55. The number of hydrogen-bond acceptors (Lipinski definition) is 4. The number of carbonyl (C=O) groups is 1. The number of nitrogens with one attached hydrogen (secondary N) is 1.